The normalized spacial score (nSPS) is 14.2. The molecule has 3 heterocycles. The third kappa shape index (κ3) is 5.85. The Kier molecular flexibility index (Phi) is 7.85. The highest BCUT2D eigenvalue weighted by molar-refractivity contribution is 6.28. The molecule has 1 aliphatic heterocycles. The minimum atomic E-state index is -0.580. The molecule has 0 atom stereocenters. The number of amides is 1. The van der Waals surface area contributed by atoms with Crippen LogP contribution in [0.5, 0.6) is 5.75 Å². The Morgan fingerprint density at radius 2 is 2.02 bits per heavy atom. The van der Waals surface area contributed by atoms with Crippen molar-refractivity contribution in [1.82, 2.24) is 19.9 Å². The molecule has 0 aliphatic carbocycles. The number of aromatic hydroxyl groups is 1. The monoisotopic (exact) mass is 564 g/mol. The number of phenols is 1. The highest BCUT2D eigenvalue weighted by Gasteiger charge is 2.25. The summed E-state index contributed by atoms with van der Waals surface area (Å²) < 4.78 is 5.15. The van der Waals surface area contributed by atoms with Crippen LogP contribution in [0.1, 0.15) is 40.0 Å². The smallest absolute Gasteiger partial charge is 0.417 e. The lowest BCUT2D eigenvalue weighted by Crippen LogP contribution is -2.44. The minimum absolute atomic E-state index is 0.0167. The van der Waals surface area contributed by atoms with Crippen LogP contribution in [0.15, 0.2) is 45.6 Å². The topological polar surface area (TPSA) is 145 Å². The average Bonchev–Trinajstić information content (AvgIpc) is 3.33. The van der Waals surface area contributed by atoms with Crippen molar-refractivity contribution in [2.24, 2.45) is 0 Å². The summed E-state index contributed by atoms with van der Waals surface area (Å²) in [7, 11) is 2.07. The Balaban J connectivity index is 1.24. The van der Waals surface area contributed by atoms with Gasteiger partial charge in [-0.3, -0.25) is 14.6 Å². The number of aromatic amines is 1. The molecule has 4 aromatic rings. The molecule has 0 spiro atoms. The number of nitrogens with zero attached hydrogens (tertiary/aromatic N) is 4. The summed E-state index contributed by atoms with van der Waals surface area (Å²) in [4.78, 5) is 51.4. The van der Waals surface area contributed by atoms with Crippen molar-refractivity contribution in [2.75, 3.05) is 36.9 Å². The summed E-state index contributed by atoms with van der Waals surface area (Å²) in [6, 6.07) is 10.1. The third-order valence-electron chi connectivity index (χ3n) is 7.36. The molecule has 11 nitrogen and oxygen atoms in total. The van der Waals surface area contributed by atoms with E-state index in [0.717, 1.165) is 38.0 Å². The molecule has 0 unspecified atom stereocenters. The number of H-pyrrole nitrogens is 1. The number of likely N-dealkylation sites (N-methyl/N-ethyl adjacent to an activating group) is 1. The van der Waals surface area contributed by atoms with Crippen molar-refractivity contribution in [2.45, 2.75) is 32.2 Å². The quantitative estimate of drug-likeness (QED) is 0.120. The molecule has 208 valence electrons. The SMILES string of the molecule is Cc1cc(C(=O)c2cc(N3CCC(N(C)CCc4cc(O)ccc4NC=O)CC3)nc(Cl)n2)cc2oc(=O)[nH]c12. The number of nitrogens with one attached hydrogen (secondary N) is 2. The second-order valence-corrected chi connectivity index (χ2v) is 10.3. The van der Waals surface area contributed by atoms with Crippen molar-refractivity contribution in [3.8, 4) is 5.75 Å². The van der Waals surface area contributed by atoms with E-state index in [4.69, 9.17) is 16.0 Å². The molecule has 0 radical (unpaired) electrons. The Morgan fingerprint density at radius 1 is 1.25 bits per heavy atom. The van der Waals surface area contributed by atoms with Gasteiger partial charge >= 0.3 is 5.76 Å². The molecule has 2 aromatic heterocycles. The Morgan fingerprint density at radius 3 is 2.77 bits per heavy atom. The first-order chi connectivity index (χ1) is 19.2. The second-order valence-electron chi connectivity index (χ2n) is 9.94. The predicted molar refractivity (Wildman–Crippen MR) is 151 cm³/mol. The summed E-state index contributed by atoms with van der Waals surface area (Å²) in [6.45, 7) is 3.98. The molecule has 12 heteroatoms. The maximum Gasteiger partial charge on any atom is 0.417 e. The Hall–Kier alpha value is -4.22. The lowest BCUT2D eigenvalue weighted by Gasteiger charge is -2.37. The maximum absolute atomic E-state index is 13.3. The standard InChI is InChI=1S/C28H29ClN6O5/c1-16-11-18(13-23-25(16)33-28(39)40-23)26(38)22-14-24(32-27(29)31-22)35-9-6-19(7-10-35)34(2)8-5-17-12-20(37)3-4-21(17)30-15-36/h3-4,11-15,19,37H,5-10H2,1-2H3,(H,30,36)(H,33,39). The van der Waals surface area contributed by atoms with Gasteiger partial charge in [0, 0.05) is 43.0 Å². The molecule has 1 fully saturated rings. The number of benzene rings is 2. The lowest BCUT2D eigenvalue weighted by atomic mass is 10.0. The number of hydrogen-bond donors (Lipinski definition) is 3. The largest absolute Gasteiger partial charge is 0.508 e. The van der Waals surface area contributed by atoms with Gasteiger partial charge in [0.1, 0.15) is 17.3 Å². The number of fused-ring (bicyclic) bond motifs is 1. The number of piperidine rings is 1. The van der Waals surface area contributed by atoms with Crippen molar-refractivity contribution in [3.05, 3.63) is 74.6 Å². The Labute approximate surface area is 234 Å². The Bertz CT molecular complexity index is 1630. The number of hydrogen-bond acceptors (Lipinski definition) is 9. The van der Waals surface area contributed by atoms with E-state index in [1.807, 2.05) is 0 Å². The van der Waals surface area contributed by atoms with Crippen LogP contribution in [0.25, 0.3) is 11.1 Å². The molecular formula is C28H29ClN6O5. The first-order valence-electron chi connectivity index (χ1n) is 12.9. The van der Waals surface area contributed by atoms with Gasteiger partial charge in [-0.05, 0) is 86.3 Å². The number of oxazole rings is 1. The molecule has 0 saturated carbocycles. The van der Waals surface area contributed by atoms with Gasteiger partial charge in [-0.1, -0.05) is 0 Å². The van der Waals surface area contributed by atoms with Crippen LogP contribution in [0.4, 0.5) is 11.5 Å². The van der Waals surface area contributed by atoms with Crippen molar-refractivity contribution in [3.63, 3.8) is 0 Å². The van der Waals surface area contributed by atoms with Gasteiger partial charge in [0.2, 0.25) is 17.5 Å². The van der Waals surface area contributed by atoms with Crippen molar-refractivity contribution < 1.29 is 19.1 Å². The van der Waals surface area contributed by atoms with E-state index in [1.165, 1.54) is 6.07 Å². The van der Waals surface area contributed by atoms with Crippen LogP contribution in [-0.4, -0.2) is 69.9 Å². The summed E-state index contributed by atoms with van der Waals surface area (Å²) in [6.07, 6.45) is 3.06. The van der Waals surface area contributed by atoms with Crippen LogP contribution in [0.2, 0.25) is 5.28 Å². The number of aromatic nitrogens is 3. The van der Waals surface area contributed by atoms with Gasteiger partial charge < -0.3 is 24.6 Å². The number of halogens is 1. The molecule has 1 amide bonds. The van der Waals surface area contributed by atoms with E-state index in [0.29, 0.717) is 52.6 Å². The zero-order chi connectivity index (χ0) is 28.4. The maximum atomic E-state index is 13.3. The number of carbonyl (C=O) groups is 2. The number of rotatable bonds is 9. The van der Waals surface area contributed by atoms with Crippen LogP contribution in [0.3, 0.4) is 0 Å². The first kappa shape index (κ1) is 27.4. The summed E-state index contributed by atoms with van der Waals surface area (Å²) >= 11 is 6.24. The number of phenolic OH excluding ortho intramolecular Hbond substituents is 1. The van der Waals surface area contributed by atoms with Gasteiger partial charge in [-0.25, -0.2) is 14.8 Å². The second kappa shape index (κ2) is 11.5. The molecular weight excluding hydrogens is 536 g/mol. The minimum Gasteiger partial charge on any atom is -0.508 e. The van der Waals surface area contributed by atoms with Gasteiger partial charge in [0.15, 0.2) is 5.58 Å². The van der Waals surface area contributed by atoms with E-state index in [9.17, 15) is 19.5 Å². The first-order valence-corrected chi connectivity index (χ1v) is 13.3. The fourth-order valence-corrected chi connectivity index (χ4v) is 5.37. The lowest BCUT2D eigenvalue weighted by molar-refractivity contribution is -0.105. The highest BCUT2D eigenvalue weighted by Crippen LogP contribution is 2.26. The highest BCUT2D eigenvalue weighted by atomic mass is 35.5. The number of carbonyl (C=O) groups excluding carboxylic acids is 2. The summed E-state index contributed by atoms with van der Waals surface area (Å²) in [5, 5.41) is 12.5. The number of aryl methyl sites for hydroxylation is 1. The van der Waals surface area contributed by atoms with Crippen molar-refractivity contribution in [1.29, 1.82) is 0 Å². The fraction of sp³-hybridized carbons (Fsp3) is 0.321. The van der Waals surface area contributed by atoms with Crippen LogP contribution < -0.4 is 16.0 Å². The van der Waals surface area contributed by atoms with E-state index >= 15 is 0 Å². The average molecular weight is 565 g/mol. The van der Waals surface area contributed by atoms with E-state index in [-0.39, 0.29) is 22.5 Å². The molecule has 1 saturated heterocycles. The molecule has 2 aromatic carbocycles. The van der Waals surface area contributed by atoms with Gasteiger partial charge in [0.25, 0.3) is 0 Å². The van der Waals surface area contributed by atoms with Gasteiger partial charge in [-0.2, -0.15) is 0 Å². The van der Waals surface area contributed by atoms with E-state index < -0.39 is 5.76 Å². The predicted octanol–water partition coefficient (Wildman–Crippen LogP) is 3.52. The zero-order valence-corrected chi connectivity index (χ0v) is 22.9. The van der Waals surface area contributed by atoms with Gasteiger partial charge in [0.05, 0.1) is 5.52 Å². The van der Waals surface area contributed by atoms with Gasteiger partial charge in [-0.15, -0.1) is 0 Å². The summed E-state index contributed by atoms with van der Waals surface area (Å²) in [5.74, 6) is -0.178. The van der Waals surface area contributed by atoms with Crippen LogP contribution in [0, 0.1) is 6.92 Å². The fourth-order valence-electron chi connectivity index (χ4n) is 5.19. The van der Waals surface area contributed by atoms with Crippen LogP contribution >= 0.6 is 11.6 Å². The molecule has 1 aliphatic rings. The molecule has 40 heavy (non-hydrogen) atoms. The molecule has 3 N–H and O–H groups in total. The van der Waals surface area contributed by atoms with E-state index in [2.05, 4.69) is 37.1 Å². The third-order valence-corrected chi connectivity index (χ3v) is 7.53. The number of ketones is 1. The van der Waals surface area contributed by atoms with Crippen LogP contribution in [-0.2, 0) is 11.2 Å². The molecule has 5 rings (SSSR count). The van der Waals surface area contributed by atoms with E-state index in [1.54, 1.807) is 37.3 Å². The summed E-state index contributed by atoms with van der Waals surface area (Å²) in [5.41, 5.74) is 3.63. The molecule has 0 bridgehead atoms. The number of anilines is 2. The zero-order valence-electron chi connectivity index (χ0n) is 22.1. The van der Waals surface area contributed by atoms with Crippen molar-refractivity contribution >= 4 is 46.4 Å².